The first kappa shape index (κ1) is 23.0. The third-order valence-electron chi connectivity index (χ3n) is 5.75. The summed E-state index contributed by atoms with van der Waals surface area (Å²) in [5, 5.41) is 5.69. The molecule has 2 aromatic rings. The highest BCUT2D eigenvalue weighted by molar-refractivity contribution is 9.10. The Labute approximate surface area is 191 Å². The van der Waals surface area contributed by atoms with E-state index in [4.69, 9.17) is 0 Å². The Morgan fingerprint density at radius 1 is 1.06 bits per heavy atom. The number of amides is 4. The van der Waals surface area contributed by atoms with Gasteiger partial charge >= 0.3 is 6.03 Å². The minimum Gasteiger partial charge on any atom is -0.348 e. The van der Waals surface area contributed by atoms with Crippen LogP contribution in [0, 0.1) is 0 Å². The molecule has 0 spiro atoms. The summed E-state index contributed by atoms with van der Waals surface area (Å²) in [6, 6.07) is 14.6. The summed E-state index contributed by atoms with van der Waals surface area (Å²) in [5.74, 6) is -0.438. The van der Waals surface area contributed by atoms with Crippen LogP contribution < -0.4 is 10.6 Å². The number of imide groups is 1. The molecule has 4 amide bonds. The van der Waals surface area contributed by atoms with Crippen LogP contribution >= 0.6 is 15.9 Å². The monoisotopic (exact) mass is 485 g/mol. The summed E-state index contributed by atoms with van der Waals surface area (Å²) in [4.78, 5) is 39.3. The zero-order chi connectivity index (χ0) is 22.8. The van der Waals surface area contributed by atoms with Gasteiger partial charge in [-0.15, -0.1) is 0 Å². The van der Waals surface area contributed by atoms with Crippen molar-refractivity contribution in [3.8, 4) is 0 Å². The van der Waals surface area contributed by atoms with Gasteiger partial charge in [-0.2, -0.15) is 0 Å². The second kappa shape index (κ2) is 9.22. The van der Waals surface area contributed by atoms with Crippen molar-refractivity contribution in [2.24, 2.45) is 0 Å². The summed E-state index contributed by atoms with van der Waals surface area (Å²) in [6.45, 7) is 7.51. The van der Waals surface area contributed by atoms with E-state index in [0.717, 1.165) is 20.5 Å². The molecule has 164 valence electrons. The Morgan fingerprint density at radius 3 is 2.19 bits per heavy atom. The molecule has 1 aliphatic rings. The zero-order valence-corrected chi connectivity index (χ0v) is 19.8. The van der Waals surface area contributed by atoms with E-state index in [2.05, 4.69) is 40.4 Å². The largest absolute Gasteiger partial charge is 0.348 e. The maximum Gasteiger partial charge on any atom is 0.325 e. The number of hydrogen-bond donors (Lipinski definition) is 2. The Morgan fingerprint density at radius 2 is 1.65 bits per heavy atom. The fraction of sp³-hybridized carbons (Fsp3) is 0.375. The quantitative estimate of drug-likeness (QED) is 0.562. The molecule has 2 atom stereocenters. The van der Waals surface area contributed by atoms with Crippen molar-refractivity contribution in [3.05, 3.63) is 69.7 Å². The van der Waals surface area contributed by atoms with Gasteiger partial charge in [0.05, 0.1) is 6.04 Å². The fourth-order valence-electron chi connectivity index (χ4n) is 3.74. The standard InChI is InChI=1S/C24H28BrN3O3/c1-5-20(17-8-12-19(25)13-9-17)26-21(29)14-28-22(30)24(4,27-23(28)31)18-10-6-16(7-11-18)15(2)3/h6-13,15,20H,5,14H2,1-4H3,(H,26,29)(H,27,31)/t20-,24-/m0/s1. The third-order valence-corrected chi connectivity index (χ3v) is 6.28. The minimum atomic E-state index is -1.19. The van der Waals surface area contributed by atoms with E-state index >= 15 is 0 Å². The van der Waals surface area contributed by atoms with Crippen molar-refractivity contribution in [2.45, 2.75) is 51.6 Å². The number of hydrogen-bond acceptors (Lipinski definition) is 3. The van der Waals surface area contributed by atoms with Gasteiger partial charge in [-0.1, -0.05) is 73.1 Å². The number of halogens is 1. The molecule has 0 aromatic heterocycles. The van der Waals surface area contributed by atoms with Crippen molar-refractivity contribution >= 4 is 33.8 Å². The van der Waals surface area contributed by atoms with Crippen LogP contribution in [0.3, 0.4) is 0 Å². The first-order valence-corrected chi connectivity index (χ1v) is 11.2. The number of benzene rings is 2. The highest BCUT2D eigenvalue weighted by Gasteiger charge is 2.49. The molecule has 2 N–H and O–H groups in total. The first-order chi connectivity index (χ1) is 14.7. The molecule has 31 heavy (non-hydrogen) atoms. The Bertz CT molecular complexity index is 973. The van der Waals surface area contributed by atoms with Gasteiger partial charge in [-0.05, 0) is 48.1 Å². The Balaban J connectivity index is 1.71. The molecule has 3 rings (SSSR count). The SMILES string of the molecule is CC[C@H](NC(=O)CN1C(=O)N[C@@](C)(c2ccc(C(C)C)cc2)C1=O)c1ccc(Br)cc1. The Hall–Kier alpha value is -2.67. The van der Waals surface area contributed by atoms with Crippen molar-refractivity contribution < 1.29 is 14.4 Å². The smallest absolute Gasteiger partial charge is 0.325 e. The molecule has 0 bridgehead atoms. The lowest BCUT2D eigenvalue weighted by Gasteiger charge is -2.23. The normalized spacial score (nSPS) is 19.5. The van der Waals surface area contributed by atoms with Crippen LogP contribution in [-0.4, -0.2) is 29.3 Å². The van der Waals surface area contributed by atoms with Crippen LogP contribution in [-0.2, 0) is 15.1 Å². The molecule has 0 unspecified atom stereocenters. The molecule has 6 nitrogen and oxygen atoms in total. The number of carbonyl (C=O) groups is 3. The average Bonchev–Trinajstić information content (AvgIpc) is 2.96. The molecular formula is C24H28BrN3O3. The third kappa shape index (κ3) is 4.82. The Kier molecular flexibility index (Phi) is 6.84. The summed E-state index contributed by atoms with van der Waals surface area (Å²) in [7, 11) is 0. The van der Waals surface area contributed by atoms with E-state index in [1.807, 2.05) is 55.5 Å². The van der Waals surface area contributed by atoms with Gasteiger partial charge in [0.2, 0.25) is 5.91 Å². The average molecular weight is 486 g/mol. The van der Waals surface area contributed by atoms with Crippen LogP contribution in [0.15, 0.2) is 53.0 Å². The topological polar surface area (TPSA) is 78.5 Å². The maximum atomic E-state index is 13.1. The summed E-state index contributed by atoms with van der Waals surface area (Å²) in [6.07, 6.45) is 0.688. The van der Waals surface area contributed by atoms with Crippen LogP contribution in [0.4, 0.5) is 4.79 Å². The first-order valence-electron chi connectivity index (χ1n) is 10.4. The highest BCUT2D eigenvalue weighted by atomic mass is 79.9. The molecular weight excluding hydrogens is 458 g/mol. The molecule has 2 aromatic carbocycles. The number of rotatable bonds is 7. The second-order valence-corrected chi connectivity index (χ2v) is 9.22. The summed E-state index contributed by atoms with van der Waals surface area (Å²) in [5.41, 5.74) is 1.62. The minimum absolute atomic E-state index is 0.198. The molecule has 1 heterocycles. The van der Waals surface area contributed by atoms with Gasteiger partial charge < -0.3 is 10.6 Å². The predicted octanol–water partition coefficient (Wildman–Crippen LogP) is 4.61. The van der Waals surface area contributed by atoms with Crippen LogP contribution in [0.5, 0.6) is 0 Å². The lowest BCUT2D eigenvalue weighted by atomic mass is 9.90. The van der Waals surface area contributed by atoms with Crippen molar-refractivity contribution in [2.75, 3.05) is 6.54 Å². The summed E-state index contributed by atoms with van der Waals surface area (Å²) < 4.78 is 0.956. The molecule has 0 aliphatic carbocycles. The van der Waals surface area contributed by atoms with Gasteiger partial charge in [0.1, 0.15) is 12.1 Å². The van der Waals surface area contributed by atoms with E-state index in [9.17, 15) is 14.4 Å². The number of urea groups is 1. The molecule has 0 saturated carbocycles. The molecule has 0 radical (unpaired) electrons. The van der Waals surface area contributed by atoms with Crippen molar-refractivity contribution in [1.82, 2.24) is 15.5 Å². The second-order valence-electron chi connectivity index (χ2n) is 8.30. The van der Waals surface area contributed by atoms with Crippen molar-refractivity contribution in [3.63, 3.8) is 0 Å². The van der Waals surface area contributed by atoms with Gasteiger partial charge in [0.25, 0.3) is 5.91 Å². The van der Waals surface area contributed by atoms with Crippen LogP contribution in [0.2, 0.25) is 0 Å². The van der Waals surface area contributed by atoms with E-state index in [0.29, 0.717) is 17.9 Å². The molecule has 1 saturated heterocycles. The van der Waals surface area contributed by atoms with Gasteiger partial charge in [0.15, 0.2) is 0 Å². The number of nitrogens with one attached hydrogen (secondary N) is 2. The maximum absolute atomic E-state index is 13.1. The van der Waals surface area contributed by atoms with Crippen LogP contribution in [0.1, 0.15) is 62.8 Å². The molecule has 7 heteroatoms. The van der Waals surface area contributed by atoms with Crippen molar-refractivity contribution in [1.29, 1.82) is 0 Å². The van der Waals surface area contributed by atoms with Gasteiger partial charge in [-0.3, -0.25) is 14.5 Å². The molecule has 1 aliphatic heterocycles. The van der Waals surface area contributed by atoms with E-state index in [1.54, 1.807) is 6.92 Å². The highest BCUT2D eigenvalue weighted by Crippen LogP contribution is 2.30. The van der Waals surface area contributed by atoms with Gasteiger partial charge in [0, 0.05) is 4.47 Å². The fourth-order valence-corrected chi connectivity index (χ4v) is 4.00. The number of carbonyl (C=O) groups excluding carboxylic acids is 3. The lowest BCUT2D eigenvalue weighted by molar-refractivity contribution is -0.135. The predicted molar refractivity (Wildman–Crippen MR) is 123 cm³/mol. The zero-order valence-electron chi connectivity index (χ0n) is 18.2. The van der Waals surface area contributed by atoms with E-state index in [-0.39, 0.29) is 18.5 Å². The molecule has 1 fully saturated rings. The van der Waals surface area contributed by atoms with E-state index < -0.39 is 17.5 Å². The summed E-state index contributed by atoms with van der Waals surface area (Å²) >= 11 is 3.40. The van der Waals surface area contributed by atoms with Gasteiger partial charge in [-0.25, -0.2) is 4.79 Å². The number of nitrogens with zero attached hydrogens (tertiary/aromatic N) is 1. The van der Waals surface area contributed by atoms with Crippen LogP contribution in [0.25, 0.3) is 0 Å². The lowest BCUT2D eigenvalue weighted by Crippen LogP contribution is -2.43. The van der Waals surface area contributed by atoms with E-state index in [1.165, 1.54) is 0 Å².